The molecule has 0 spiro atoms. The van der Waals surface area contributed by atoms with E-state index in [0.717, 1.165) is 31.1 Å². The number of rotatable bonds is 2. The zero-order valence-corrected chi connectivity index (χ0v) is 12.9. The Kier molecular flexibility index (Phi) is 4.22. The Morgan fingerprint density at radius 2 is 2.00 bits per heavy atom. The molecule has 1 heterocycles. The van der Waals surface area contributed by atoms with Crippen molar-refractivity contribution >= 4 is 21.6 Å². The fourth-order valence-electron chi connectivity index (χ4n) is 2.66. The third-order valence-electron chi connectivity index (χ3n) is 3.68. The van der Waals surface area contributed by atoms with Crippen LogP contribution in [0.2, 0.25) is 0 Å². The Hall–Kier alpha value is -1.46. The van der Waals surface area contributed by atoms with Gasteiger partial charge in [-0.15, -0.1) is 0 Å². The average Bonchev–Trinajstić information content (AvgIpc) is 2.65. The molecule has 5 heteroatoms. The fraction of sp³-hybridized carbons (Fsp3) is 0.250. The molecular formula is C16H15BrF2N2. The van der Waals surface area contributed by atoms with Crippen molar-refractivity contribution in [3.8, 4) is 0 Å². The molecule has 0 saturated heterocycles. The predicted octanol–water partition coefficient (Wildman–Crippen LogP) is 4.37. The summed E-state index contributed by atoms with van der Waals surface area (Å²) in [4.78, 5) is 0. The van der Waals surface area contributed by atoms with Crippen molar-refractivity contribution in [3.05, 3.63) is 63.6 Å². The van der Waals surface area contributed by atoms with E-state index in [-0.39, 0.29) is 6.04 Å². The van der Waals surface area contributed by atoms with Crippen molar-refractivity contribution in [1.82, 2.24) is 5.32 Å². The van der Waals surface area contributed by atoms with Crippen LogP contribution in [0.4, 0.5) is 14.5 Å². The van der Waals surface area contributed by atoms with Crippen molar-refractivity contribution in [2.45, 2.75) is 19.0 Å². The molecule has 1 unspecified atom stereocenters. The van der Waals surface area contributed by atoms with Gasteiger partial charge in [-0.05, 0) is 46.1 Å². The van der Waals surface area contributed by atoms with E-state index in [9.17, 15) is 8.78 Å². The van der Waals surface area contributed by atoms with Crippen molar-refractivity contribution in [2.75, 3.05) is 11.9 Å². The minimum atomic E-state index is -0.590. The molecule has 0 aliphatic carbocycles. The third kappa shape index (κ3) is 3.09. The van der Waals surface area contributed by atoms with Gasteiger partial charge in [-0.3, -0.25) is 0 Å². The lowest BCUT2D eigenvalue weighted by atomic mass is 9.99. The van der Waals surface area contributed by atoms with Crippen LogP contribution in [0.5, 0.6) is 0 Å². The first-order valence-electron chi connectivity index (χ1n) is 6.85. The molecule has 0 saturated carbocycles. The molecule has 2 aromatic rings. The summed E-state index contributed by atoms with van der Waals surface area (Å²) in [6.45, 7) is 1.65. The second-order valence-corrected chi connectivity index (χ2v) is 5.96. The second-order valence-electron chi connectivity index (χ2n) is 5.11. The number of fused-ring (bicyclic) bond motifs is 1. The zero-order valence-electron chi connectivity index (χ0n) is 11.3. The summed E-state index contributed by atoms with van der Waals surface area (Å²) < 4.78 is 27.6. The minimum absolute atomic E-state index is 0.00698. The summed E-state index contributed by atoms with van der Waals surface area (Å²) in [7, 11) is 0. The summed E-state index contributed by atoms with van der Waals surface area (Å²) in [6, 6.07) is 10.3. The first kappa shape index (κ1) is 14.5. The molecule has 21 heavy (non-hydrogen) atoms. The quantitative estimate of drug-likeness (QED) is 0.838. The molecule has 2 nitrogen and oxygen atoms in total. The third-order valence-corrected chi connectivity index (χ3v) is 4.31. The van der Waals surface area contributed by atoms with E-state index in [4.69, 9.17) is 0 Å². The van der Waals surface area contributed by atoms with Gasteiger partial charge in [0.2, 0.25) is 0 Å². The summed E-state index contributed by atoms with van der Waals surface area (Å²) in [6.07, 6.45) is 0.834. The van der Waals surface area contributed by atoms with E-state index < -0.39 is 11.6 Å². The van der Waals surface area contributed by atoms with Crippen molar-refractivity contribution < 1.29 is 8.78 Å². The van der Waals surface area contributed by atoms with Crippen LogP contribution in [-0.2, 0) is 6.54 Å². The van der Waals surface area contributed by atoms with Gasteiger partial charge < -0.3 is 10.6 Å². The first-order valence-corrected chi connectivity index (χ1v) is 7.64. The summed E-state index contributed by atoms with van der Waals surface area (Å²) in [5.74, 6) is -1.18. The van der Waals surface area contributed by atoms with Gasteiger partial charge in [0.1, 0.15) is 11.6 Å². The number of hydrogen-bond acceptors (Lipinski definition) is 2. The van der Waals surface area contributed by atoms with Crippen LogP contribution < -0.4 is 10.6 Å². The Balaban J connectivity index is 1.95. The van der Waals surface area contributed by atoms with Gasteiger partial charge in [0.15, 0.2) is 0 Å². The highest BCUT2D eigenvalue weighted by Crippen LogP contribution is 2.33. The molecule has 1 atom stereocenters. The second kappa shape index (κ2) is 6.12. The molecule has 0 aromatic heterocycles. The van der Waals surface area contributed by atoms with Crippen molar-refractivity contribution in [3.63, 3.8) is 0 Å². The number of hydrogen-bond donors (Lipinski definition) is 2. The largest absolute Gasteiger partial charge is 0.375 e. The van der Waals surface area contributed by atoms with Crippen molar-refractivity contribution in [2.24, 2.45) is 0 Å². The van der Waals surface area contributed by atoms with Crippen LogP contribution >= 0.6 is 15.9 Å². The van der Waals surface area contributed by atoms with E-state index in [0.29, 0.717) is 10.2 Å². The summed E-state index contributed by atoms with van der Waals surface area (Å²) in [5.41, 5.74) is 2.65. The average molecular weight is 353 g/mol. The van der Waals surface area contributed by atoms with Crippen LogP contribution in [0.1, 0.15) is 23.6 Å². The van der Waals surface area contributed by atoms with Crippen LogP contribution in [0.25, 0.3) is 0 Å². The monoisotopic (exact) mass is 352 g/mol. The first-order chi connectivity index (χ1) is 10.1. The van der Waals surface area contributed by atoms with Crippen LogP contribution in [0, 0.1) is 11.6 Å². The maximum atomic E-state index is 14.0. The van der Waals surface area contributed by atoms with Gasteiger partial charge >= 0.3 is 0 Å². The molecule has 0 fully saturated rings. The van der Waals surface area contributed by atoms with Gasteiger partial charge in [0.25, 0.3) is 0 Å². The molecular weight excluding hydrogens is 338 g/mol. The predicted molar refractivity (Wildman–Crippen MR) is 83.2 cm³/mol. The maximum absolute atomic E-state index is 14.0. The molecule has 3 rings (SSSR count). The molecule has 110 valence electrons. The SMILES string of the molecule is Fc1cc(F)c(NC2CCNCc3ccccc32)c(Br)c1. The van der Waals surface area contributed by atoms with Gasteiger partial charge in [-0.2, -0.15) is 0 Å². The van der Waals surface area contributed by atoms with Gasteiger partial charge in [-0.1, -0.05) is 24.3 Å². The highest BCUT2D eigenvalue weighted by molar-refractivity contribution is 9.10. The smallest absolute Gasteiger partial charge is 0.150 e. The zero-order chi connectivity index (χ0) is 14.8. The maximum Gasteiger partial charge on any atom is 0.150 e. The molecule has 0 bridgehead atoms. The van der Waals surface area contributed by atoms with E-state index in [1.54, 1.807) is 0 Å². The Labute approximate surface area is 130 Å². The Morgan fingerprint density at radius 3 is 2.81 bits per heavy atom. The number of benzene rings is 2. The fourth-order valence-corrected chi connectivity index (χ4v) is 3.19. The normalized spacial score (nSPS) is 18.0. The summed E-state index contributed by atoms with van der Waals surface area (Å²) in [5, 5.41) is 6.56. The van der Waals surface area contributed by atoms with E-state index in [2.05, 4.69) is 38.7 Å². The lowest BCUT2D eigenvalue weighted by Gasteiger charge is -2.21. The highest BCUT2D eigenvalue weighted by atomic mass is 79.9. The van der Waals surface area contributed by atoms with Crippen LogP contribution in [-0.4, -0.2) is 6.54 Å². The van der Waals surface area contributed by atoms with Crippen LogP contribution in [0.3, 0.4) is 0 Å². The standard InChI is InChI=1S/C16H15BrF2N2/c17-13-7-11(18)8-14(19)16(13)21-15-5-6-20-9-10-3-1-2-4-12(10)15/h1-4,7-8,15,20-21H,5-6,9H2. The topological polar surface area (TPSA) is 24.1 Å². The lowest BCUT2D eigenvalue weighted by molar-refractivity contribution is 0.578. The molecule has 2 aromatic carbocycles. The number of nitrogens with one attached hydrogen (secondary N) is 2. The molecule has 0 radical (unpaired) electrons. The van der Waals surface area contributed by atoms with Gasteiger partial charge in [-0.25, -0.2) is 8.78 Å². The lowest BCUT2D eigenvalue weighted by Crippen LogP contribution is -2.16. The van der Waals surface area contributed by atoms with E-state index in [1.807, 2.05) is 12.1 Å². The van der Waals surface area contributed by atoms with E-state index >= 15 is 0 Å². The number of halogens is 3. The molecule has 1 aliphatic rings. The van der Waals surface area contributed by atoms with Gasteiger partial charge in [0.05, 0.1) is 11.7 Å². The number of anilines is 1. The van der Waals surface area contributed by atoms with E-state index in [1.165, 1.54) is 11.6 Å². The minimum Gasteiger partial charge on any atom is -0.375 e. The Morgan fingerprint density at radius 1 is 1.19 bits per heavy atom. The van der Waals surface area contributed by atoms with Gasteiger partial charge in [0, 0.05) is 17.1 Å². The van der Waals surface area contributed by atoms with Crippen LogP contribution in [0.15, 0.2) is 40.9 Å². The molecule has 0 amide bonds. The Bertz CT molecular complexity index is 637. The molecule has 2 N–H and O–H groups in total. The summed E-state index contributed by atoms with van der Waals surface area (Å²) >= 11 is 3.23. The van der Waals surface area contributed by atoms with Crippen molar-refractivity contribution in [1.29, 1.82) is 0 Å². The highest BCUT2D eigenvalue weighted by Gasteiger charge is 2.20. The molecule has 1 aliphatic heterocycles.